The number of benzene rings is 2. The maximum absolute atomic E-state index is 13.4. The van der Waals surface area contributed by atoms with Crippen LogP contribution in [-0.4, -0.2) is 68.5 Å². The second-order valence-electron chi connectivity index (χ2n) is 8.96. The van der Waals surface area contributed by atoms with E-state index in [4.69, 9.17) is 9.47 Å². The fourth-order valence-electron chi connectivity index (χ4n) is 4.73. The van der Waals surface area contributed by atoms with E-state index in [9.17, 15) is 22.8 Å². The lowest BCUT2D eigenvalue weighted by Gasteiger charge is -2.30. The van der Waals surface area contributed by atoms with Crippen molar-refractivity contribution < 1.29 is 32.3 Å². The fraction of sp³-hybridized carbons (Fsp3) is 0.375. The van der Waals surface area contributed by atoms with Crippen LogP contribution in [0.3, 0.4) is 0 Å². The molecule has 2 fully saturated rings. The van der Waals surface area contributed by atoms with Crippen molar-refractivity contribution in [2.24, 2.45) is 0 Å². The van der Waals surface area contributed by atoms with E-state index in [2.05, 4.69) is 5.32 Å². The lowest BCUT2D eigenvalue weighted by molar-refractivity contribution is -0.134. The standard InChI is InChI=1S/C24H25N3O7S/c1-24(16-7-8-19-20(13-16)34-11-10-33-19)22(29)26(23(30)25-24)14-21(28)27(17-5-3-2-4-6-17)18-9-12-35(31,32)15-18/h2-8,13,18H,9-12,14-15H2,1H3,(H,25,30)/t18-,24-/m1/s1. The van der Waals surface area contributed by atoms with Crippen molar-refractivity contribution in [3.8, 4) is 11.5 Å². The van der Waals surface area contributed by atoms with Gasteiger partial charge in [-0.05, 0) is 43.2 Å². The molecule has 2 saturated heterocycles. The zero-order valence-electron chi connectivity index (χ0n) is 19.1. The first-order valence-electron chi connectivity index (χ1n) is 11.3. The van der Waals surface area contributed by atoms with Crippen molar-refractivity contribution in [1.29, 1.82) is 0 Å². The Hall–Kier alpha value is -3.60. The molecule has 1 N–H and O–H groups in total. The first kappa shape index (κ1) is 23.2. The van der Waals surface area contributed by atoms with E-state index in [1.54, 1.807) is 55.5 Å². The number of anilines is 1. The first-order chi connectivity index (χ1) is 16.7. The number of amides is 4. The molecular formula is C24H25N3O7S. The summed E-state index contributed by atoms with van der Waals surface area (Å²) in [6.07, 6.45) is 0.290. The molecule has 3 aliphatic heterocycles. The number of sulfone groups is 1. The van der Waals surface area contributed by atoms with Gasteiger partial charge in [-0.3, -0.25) is 14.5 Å². The third-order valence-electron chi connectivity index (χ3n) is 6.56. The predicted molar refractivity (Wildman–Crippen MR) is 126 cm³/mol. The highest BCUT2D eigenvalue weighted by Gasteiger charge is 2.50. The van der Waals surface area contributed by atoms with Gasteiger partial charge in [0.15, 0.2) is 21.3 Å². The summed E-state index contributed by atoms with van der Waals surface area (Å²) < 4.78 is 35.3. The number of carbonyl (C=O) groups excluding carboxylic acids is 3. The molecule has 2 aromatic rings. The molecule has 2 aromatic carbocycles. The average Bonchev–Trinajstić information content (AvgIpc) is 3.30. The first-order valence-corrected chi connectivity index (χ1v) is 13.1. The Morgan fingerprint density at radius 2 is 1.83 bits per heavy atom. The van der Waals surface area contributed by atoms with Crippen LogP contribution in [0.15, 0.2) is 48.5 Å². The summed E-state index contributed by atoms with van der Waals surface area (Å²) in [6, 6.07) is 12.4. The molecule has 10 nitrogen and oxygen atoms in total. The summed E-state index contributed by atoms with van der Waals surface area (Å²) in [5.41, 5.74) is -0.389. The van der Waals surface area contributed by atoms with Gasteiger partial charge in [0.05, 0.1) is 17.5 Å². The van der Waals surface area contributed by atoms with Crippen LogP contribution in [0.5, 0.6) is 11.5 Å². The van der Waals surface area contributed by atoms with Gasteiger partial charge < -0.3 is 19.7 Å². The molecule has 3 aliphatic rings. The van der Waals surface area contributed by atoms with Crippen molar-refractivity contribution >= 4 is 33.4 Å². The van der Waals surface area contributed by atoms with Gasteiger partial charge in [-0.25, -0.2) is 13.2 Å². The van der Waals surface area contributed by atoms with Gasteiger partial charge >= 0.3 is 6.03 Å². The number of urea groups is 1. The smallest absolute Gasteiger partial charge is 0.325 e. The third-order valence-corrected chi connectivity index (χ3v) is 8.31. The second-order valence-corrected chi connectivity index (χ2v) is 11.2. The fourth-order valence-corrected chi connectivity index (χ4v) is 6.43. The van der Waals surface area contributed by atoms with Crippen LogP contribution in [0.1, 0.15) is 18.9 Å². The van der Waals surface area contributed by atoms with Crippen LogP contribution in [0.25, 0.3) is 0 Å². The molecule has 184 valence electrons. The van der Waals surface area contributed by atoms with Crippen molar-refractivity contribution in [3.05, 3.63) is 54.1 Å². The van der Waals surface area contributed by atoms with Gasteiger partial charge in [0.25, 0.3) is 5.91 Å². The van der Waals surface area contributed by atoms with Crippen LogP contribution >= 0.6 is 0 Å². The molecule has 11 heteroatoms. The molecule has 0 aliphatic carbocycles. The lowest BCUT2D eigenvalue weighted by atomic mass is 9.91. The summed E-state index contributed by atoms with van der Waals surface area (Å²) >= 11 is 0. The quantitative estimate of drug-likeness (QED) is 0.618. The van der Waals surface area contributed by atoms with Gasteiger partial charge in [0.2, 0.25) is 5.91 Å². The molecule has 0 saturated carbocycles. The maximum atomic E-state index is 13.4. The van der Waals surface area contributed by atoms with Gasteiger partial charge in [0.1, 0.15) is 25.3 Å². The Morgan fingerprint density at radius 3 is 2.51 bits per heavy atom. The number of hydrogen-bond acceptors (Lipinski definition) is 7. The van der Waals surface area contributed by atoms with E-state index in [0.717, 1.165) is 4.90 Å². The largest absolute Gasteiger partial charge is 0.486 e. The summed E-state index contributed by atoms with van der Waals surface area (Å²) in [5.74, 6) is -0.267. The van der Waals surface area contributed by atoms with Gasteiger partial charge in [-0.2, -0.15) is 0 Å². The molecule has 0 radical (unpaired) electrons. The van der Waals surface area contributed by atoms with E-state index >= 15 is 0 Å². The highest BCUT2D eigenvalue weighted by atomic mass is 32.2. The zero-order chi connectivity index (χ0) is 24.8. The van der Waals surface area contributed by atoms with Crippen molar-refractivity contribution in [3.63, 3.8) is 0 Å². The number of fused-ring (bicyclic) bond motifs is 1. The third kappa shape index (κ3) is 4.20. The van der Waals surface area contributed by atoms with Crippen LogP contribution < -0.4 is 19.7 Å². The lowest BCUT2D eigenvalue weighted by Crippen LogP contribution is -2.48. The monoisotopic (exact) mass is 499 g/mol. The SMILES string of the molecule is C[C@]1(c2ccc3c(c2)OCCO3)NC(=O)N(CC(=O)N(c2ccccc2)[C@@H]2CCS(=O)(=O)C2)C1=O. The van der Waals surface area contributed by atoms with Crippen LogP contribution in [0, 0.1) is 0 Å². The Balaban J connectivity index is 1.40. The number of imide groups is 1. The molecule has 0 bridgehead atoms. The van der Waals surface area contributed by atoms with E-state index < -0.39 is 45.8 Å². The number of ether oxygens (including phenoxy) is 2. The van der Waals surface area contributed by atoms with Crippen molar-refractivity contribution in [2.75, 3.05) is 36.2 Å². The van der Waals surface area contributed by atoms with Gasteiger partial charge in [-0.1, -0.05) is 24.3 Å². The average molecular weight is 500 g/mol. The summed E-state index contributed by atoms with van der Waals surface area (Å²) in [7, 11) is -3.27. The molecule has 0 aromatic heterocycles. The Bertz CT molecular complexity index is 1300. The van der Waals surface area contributed by atoms with Crippen molar-refractivity contribution in [2.45, 2.75) is 24.9 Å². The van der Waals surface area contributed by atoms with Crippen LogP contribution in [0.4, 0.5) is 10.5 Å². The van der Waals surface area contributed by atoms with E-state index in [-0.39, 0.29) is 17.9 Å². The topological polar surface area (TPSA) is 122 Å². The number of carbonyl (C=O) groups is 3. The molecule has 3 heterocycles. The highest BCUT2D eigenvalue weighted by molar-refractivity contribution is 7.91. The van der Waals surface area contributed by atoms with Gasteiger partial charge in [-0.15, -0.1) is 0 Å². The minimum Gasteiger partial charge on any atom is -0.486 e. The maximum Gasteiger partial charge on any atom is 0.325 e. The second kappa shape index (κ2) is 8.56. The molecule has 5 rings (SSSR count). The number of hydrogen-bond donors (Lipinski definition) is 1. The van der Waals surface area contributed by atoms with Crippen LogP contribution in [-0.2, 0) is 25.0 Å². The minimum atomic E-state index is -3.27. The number of rotatable bonds is 5. The van der Waals surface area contributed by atoms with Crippen molar-refractivity contribution in [1.82, 2.24) is 10.2 Å². The number of nitrogens with one attached hydrogen (secondary N) is 1. The molecule has 35 heavy (non-hydrogen) atoms. The molecule has 0 unspecified atom stereocenters. The molecule has 2 atom stereocenters. The predicted octanol–water partition coefficient (Wildman–Crippen LogP) is 1.45. The summed E-state index contributed by atoms with van der Waals surface area (Å²) in [4.78, 5) is 42.0. The molecule has 4 amide bonds. The van der Waals surface area contributed by atoms with E-state index in [0.29, 0.717) is 36.0 Å². The normalized spacial score (nSPS) is 24.8. The molecule has 0 spiro atoms. The molecular weight excluding hydrogens is 474 g/mol. The van der Waals surface area contributed by atoms with E-state index in [1.165, 1.54) is 4.90 Å². The van der Waals surface area contributed by atoms with E-state index in [1.807, 2.05) is 0 Å². The Labute approximate surface area is 202 Å². The Kier molecular flexibility index (Phi) is 5.66. The van der Waals surface area contributed by atoms with Crippen LogP contribution in [0.2, 0.25) is 0 Å². The number of nitrogens with zero attached hydrogens (tertiary/aromatic N) is 2. The zero-order valence-corrected chi connectivity index (χ0v) is 19.9. The number of para-hydroxylation sites is 1. The highest BCUT2D eigenvalue weighted by Crippen LogP contribution is 2.37. The minimum absolute atomic E-state index is 0.0143. The summed E-state index contributed by atoms with van der Waals surface area (Å²) in [6.45, 7) is 1.85. The Morgan fingerprint density at radius 1 is 1.11 bits per heavy atom. The summed E-state index contributed by atoms with van der Waals surface area (Å²) in [5, 5.41) is 2.69. The van der Waals surface area contributed by atoms with Gasteiger partial charge in [0, 0.05) is 5.69 Å².